The molecule has 1 atom stereocenters. The molecule has 4 nitrogen and oxygen atoms in total. The van der Waals surface area contributed by atoms with Gasteiger partial charge in [-0.05, 0) is 38.1 Å². The van der Waals surface area contributed by atoms with Crippen molar-refractivity contribution in [3.63, 3.8) is 0 Å². The van der Waals surface area contributed by atoms with Crippen LogP contribution in [0.4, 0.5) is 0 Å². The lowest BCUT2D eigenvalue weighted by Crippen LogP contribution is -2.31. The van der Waals surface area contributed by atoms with E-state index in [1.807, 2.05) is 19.1 Å². The standard InChI is InChI=1S/C15H20N2O2/c1-2-3-4-8-17-11-14(18)12-19-15-7-5-6-13(9-15)10-16/h2-3,5-7,9,14,17-18H,4,8,11-12H2,1H3/b3-2+. The van der Waals surface area contributed by atoms with Crippen molar-refractivity contribution in [1.82, 2.24) is 5.32 Å². The van der Waals surface area contributed by atoms with E-state index in [1.165, 1.54) is 0 Å². The van der Waals surface area contributed by atoms with Gasteiger partial charge in [0.1, 0.15) is 18.5 Å². The third kappa shape index (κ3) is 6.61. The molecule has 0 aliphatic carbocycles. The minimum absolute atomic E-state index is 0.214. The lowest BCUT2D eigenvalue weighted by atomic mass is 10.2. The van der Waals surface area contributed by atoms with Crippen LogP contribution in [0, 0.1) is 11.3 Å². The molecule has 0 heterocycles. The average Bonchev–Trinajstić information content (AvgIpc) is 2.45. The molecule has 0 saturated carbocycles. The van der Waals surface area contributed by atoms with Crippen molar-refractivity contribution < 1.29 is 9.84 Å². The van der Waals surface area contributed by atoms with E-state index in [-0.39, 0.29) is 6.61 Å². The Morgan fingerprint density at radius 1 is 1.53 bits per heavy atom. The summed E-state index contributed by atoms with van der Waals surface area (Å²) in [5, 5.41) is 21.6. The lowest BCUT2D eigenvalue weighted by Gasteiger charge is -2.13. The molecule has 1 aromatic carbocycles. The van der Waals surface area contributed by atoms with Crippen molar-refractivity contribution in [2.45, 2.75) is 19.4 Å². The molecular formula is C15H20N2O2. The first-order valence-corrected chi connectivity index (χ1v) is 6.39. The Morgan fingerprint density at radius 2 is 2.37 bits per heavy atom. The maximum Gasteiger partial charge on any atom is 0.120 e. The van der Waals surface area contributed by atoms with Gasteiger partial charge in [0.05, 0.1) is 11.6 Å². The molecule has 0 fully saturated rings. The number of ether oxygens (including phenoxy) is 1. The van der Waals surface area contributed by atoms with Crippen molar-refractivity contribution >= 4 is 0 Å². The van der Waals surface area contributed by atoms with E-state index >= 15 is 0 Å². The van der Waals surface area contributed by atoms with Crippen LogP contribution in [-0.4, -0.2) is 30.9 Å². The Kier molecular flexibility index (Phi) is 7.33. The van der Waals surface area contributed by atoms with Gasteiger partial charge in [0.25, 0.3) is 0 Å². The van der Waals surface area contributed by atoms with Crippen LogP contribution in [0.15, 0.2) is 36.4 Å². The van der Waals surface area contributed by atoms with Crippen LogP contribution in [-0.2, 0) is 0 Å². The van der Waals surface area contributed by atoms with E-state index in [2.05, 4.69) is 11.4 Å². The fourth-order valence-corrected chi connectivity index (χ4v) is 1.53. The van der Waals surface area contributed by atoms with Gasteiger partial charge in [-0.3, -0.25) is 0 Å². The maximum absolute atomic E-state index is 9.72. The van der Waals surface area contributed by atoms with Gasteiger partial charge < -0.3 is 15.2 Å². The predicted octanol–water partition coefficient (Wildman–Crippen LogP) is 1.85. The highest BCUT2D eigenvalue weighted by Crippen LogP contribution is 2.12. The van der Waals surface area contributed by atoms with E-state index in [4.69, 9.17) is 10.00 Å². The number of rotatable bonds is 8. The van der Waals surface area contributed by atoms with Crippen LogP contribution in [0.25, 0.3) is 0 Å². The number of hydrogen-bond donors (Lipinski definition) is 2. The number of aliphatic hydroxyl groups is 1. The molecule has 0 aliphatic heterocycles. The van der Waals surface area contributed by atoms with E-state index in [0.29, 0.717) is 17.9 Å². The molecule has 2 N–H and O–H groups in total. The van der Waals surface area contributed by atoms with Gasteiger partial charge in [0.15, 0.2) is 0 Å². The highest BCUT2D eigenvalue weighted by Gasteiger charge is 2.04. The summed E-state index contributed by atoms with van der Waals surface area (Å²) in [6, 6.07) is 8.95. The highest BCUT2D eigenvalue weighted by atomic mass is 16.5. The van der Waals surface area contributed by atoms with Crippen molar-refractivity contribution in [2.75, 3.05) is 19.7 Å². The molecule has 1 unspecified atom stereocenters. The summed E-state index contributed by atoms with van der Waals surface area (Å²) in [4.78, 5) is 0. The predicted molar refractivity (Wildman–Crippen MR) is 75.0 cm³/mol. The van der Waals surface area contributed by atoms with E-state index in [9.17, 15) is 5.11 Å². The van der Waals surface area contributed by atoms with Crippen molar-refractivity contribution in [2.24, 2.45) is 0 Å². The lowest BCUT2D eigenvalue weighted by molar-refractivity contribution is 0.106. The number of nitrogens with zero attached hydrogens (tertiary/aromatic N) is 1. The van der Waals surface area contributed by atoms with Gasteiger partial charge in [-0.25, -0.2) is 0 Å². The van der Waals surface area contributed by atoms with Crippen LogP contribution in [0.2, 0.25) is 0 Å². The Hall–Kier alpha value is -1.83. The zero-order chi connectivity index (χ0) is 13.9. The van der Waals surface area contributed by atoms with Crippen molar-refractivity contribution in [3.05, 3.63) is 42.0 Å². The third-order valence-corrected chi connectivity index (χ3v) is 2.51. The Morgan fingerprint density at radius 3 is 3.11 bits per heavy atom. The summed E-state index contributed by atoms with van der Waals surface area (Å²) in [6.45, 7) is 3.53. The number of benzene rings is 1. The van der Waals surface area contributed by atoms with Crippen molar-refractivity contribution in [3.8, 4) is 11.8 Å². The molecule has 0 aliphatic rings. The van der Waals surface area contributed by atoms with E-state index in [0.717, 1.165) is 13.0 Å². The van der Waals surface area contributed by atoms with Crippen LogP contribution < -0.4 is 10.1 Å². The molecular weight excluding hydrogens is 240 g/mol. The Balaban J connectivity index is 2.22. The van der Waals surface area contributed by atoms with Gasteiger partial charge in [-0.15, -0.1) is 0 Å². The SMILES string of the molecule is C/C=C/CCNCC(O)COc1cccc(C#N)c1. The zero-order valence-electron chi connectivity index (χ0n) is 11.2. The minimum atomic E-state index is -0.559. The van der Waals surface area contributed by atoms with Crippen LogP contribution in [0.3, 0.4) is 0 Å². The molecule has 1 aromatic rings. The second kappa shape index (κ2) is 9.15. The number of nitriles is 1. The van der Waals surface area contributed by atoms with Crippen molar-refractivity contribution in [1.29, 1.82) is 5.26 Å². The van der Waals surface area contributed by atoms with Gasteiger partial charge in [-0.1, -0.05) is 18.2 Å². The van der Waals surface area contributed by atoms with E-state index in [1.54, 1.807) is 24.3 Å². The molecule has 19 heavy (non-hydrogen) atoms. The second-order valence-corrected chi connectivity index (χ2v) is 4.17. The number of aliphatic hydroxyl groups excluding tert-OH is 1. The van der Waals surface area contributed by atoms with E-state index < -0.39 is 6.10 Å². The summed E-state index contributed by atoms with van der Waals surface area (Å²) in [5.41, 5.74) is 0.552. The monoisotopic (exact) mass is 260 g/mol. The largest absolute Gasteiger partial charge is 0.491 e. The first-order valence-electron chi connectivity index (χ1n) is 6.39. The van der Waals surface area contributed by atoms with Crippen LogP contribution >= 0.6 is 0 Å². The summed E-state index contributed by atoms with van der Waals surface area (Å²) in [7, 11) is 0. The normalized spacial score (nSPS) is 12.3. The van der Waals surface area contributed by atoms with Gasteiger partial charge in [-0.2, -0.15) is 5.26 Å². The molecule has 4 heteroatoms. The Bertz CT molecular complexity index is 438. The second-order valence-electron chi connectivity index (χ2n) is 4.17. The molecule has 102 valence electrons. The van der Waals surface area contributed by atoms with Crippen LogP contribution in [0.5, 0.6) is 5.75 Å². The van der Waals surface area contributed by atoms with Crippen LogP contribution in [0.1, 0.15) is 18.9 Å². The topological polar surface area (TPSA) is 65.3 Å². The number of nitrogens with one attached hydrogen (secondary N) is 1. The third-order valence-electron chi connectivity index (χ3n) is 2.51. The maximum atomic E-state index is 9.72. The zero-order valence-corrected chi connectivity index (χ0v) is 11.2. The fraction of sp³-hybridized carbons (Fsp3) is 0.400. The molecule has 0 spiro atoms. The smallest absolute Gasteiger partial charge is 0.120 e. The van der Waals surface area contributed by atoms with Gasteiger partial charge in [0.2, 0.25) is 0 Å². The Labute approximate surface area is 114 Å². The molecule has 0 saturated heterocycles. The summed E-state index contributed by atoms with van der Waals surface area (Å²) in [5.74, 6) is 0.604. The summed E-state index contributed by atoms with van der Waals surface area (Å²) >= 11 is 0. The first kappa shape index (κ1) is 15.2. The minimum Gasteiger partial charge on any atom is -0.491 e. The quantitative estimate of drug-likeness (QED) is 0.553. The molecule has 0 radical (unpaired) electrons. The molecule has 0 amide bonds. The average molecular weight is 260 g/mol. The number of allylic oxidation sites excluding steroid dienone is 1. The molecule has 0 aromatic heterocycles. The van der Waals surface area contributed by atoms with Gasteiger partial charge in [0, 0.05) is 6.54 Å². The van der Waals surface area contributed by atoms with Gasteiger partial charge >= 0.3 is 0 Å². The number of hydrogen-bond acceptors (Lipinski definition) is 4. The highest BCUT2D eigenvalue weighted by molar-refractivity contribution is 5.36. The molecule has 0 bridgehead atoms. The summed E-state index contributed by atoms with van der Waals surface area (Å²) in [6.07, 6.45) is 4.47. The molecule has 1 rings (SSSR count). The fourth-order valence-electron chi connectivity index (χ4n) is 1.53. The summed E-state index contributed by atoms with van der Waals surface area (Å²) < 4.78 is 5.43. The first-order chi connectivity index (χ1) is 9.26.